The third kappa shape index (κ3) is 3.26. The number of ether oxygens (including phenoxy) is 1. The number of rotatable bonds is 4. The summed E-state index contributed by atoms with van der Waals surface area (Å²) in [4.78, 5) is 8.06. The third-order valence-electron chi connectivity index (χ3n) is 2.62. The fourth-order valence-corrected chi connectivity index (χ4v) is 2.24. The van der Waals surface area contributed by atoms with E-state index >= 15 is 0 Å². The molecule has 2 rings (SSSR count). The summed E-state index contributed by atoms with van der Waals surface area (Å²) in [6, 6.07) is 3.06. The van der Waals surface area contributed by atoms with Crippen molar-refractivity contribution in [3.63, 3.8) is 0 Å². The molecule has 4 nitrogen and oxygen atoms in total. The number of hydrogen-bond acceptors (Lipinski definition) is 4. The zero-order chi connectivity index (χ0) is 14.7. The van der Waals surface area contributed by atoms with Gasteiger partial charge in [-0.2, -0.15) is 0 Å². The Morgan fingerprint density at radius 1 is 1.10 bits per heavy atom. The van der Waals surface area contributed by atoms with Crippen LogP contribution in [0, 0.1) is 0 Å². The number of hydrogen-bond donors (Lipinski definition) is 1. The minimum Gasteiger partial charge on any atom is -0.437 e. The maximum Gasteiger partial charge on any atom is 0.227 e. The van der Waals surface area contributed by atoms with Crippen LogP contribution in [0.25, 0.3) is 0 Å². The van der Waals surface area contributed by atoms with E-state index in [9.17, 15) is 0 Å². The molecule has 1 heterocycles. The molecule has 0 saturated heterocycles. The Hall–Kier alpha value is -1.23. The largest absolute Gasteiger partial charge is 0.437 e. The van der Waals surface area contributed by atoms with Crippen LogP contribution in [-0.2, 0) is 6.42 Å². The van der Waals surface area contributed by atoms with Gasteiger partial charge in [0, 0.05) is 6.07 Å². The summed E-state index contributed by atoms with van der Waals surface area (Å²) in [6.07, 6.45) is 2.94. The van der Waals surface area contributed by atoms with Gasteiger partial charge in [0.25, 0.3) is 0 Å². The quantitative estimate of drug-likeness (QED) is 0.820. The Morgan fingerprint density at radius 2 is 1.80 bits per heavy atom. The molecule has 1 aromatic carbocycles. The number of anilines is 1. The lowest BCUT2D eigenvalue weighted by Crippen LogP contribution is -2.02. The van der Waals surface area contributed by atoms with Gasteiger partial charge in [0.05, 0.1) is 20.6 Å². The number of halogens is 3. The van der Waals surface area contributed by atoms with Crippen molar-refractivity contribution >= 4 is 40.6 Å². The highest BCUT2D eigenvalue weighted by Gasteiger charge is 2.14. The first-order valence-corrected chi connectivity index (χ1v) is 7.08. The minimum absolute atomic E-state index is 0.346. The van der Waals surface area contributed by atoms with E-state index in [4.69, 9.17) is 45.3 Å². The molecule has 0 aliphatic heterocycles. The topological polar surface area (TPSA) is 61.0 Å². The third-order valence-corrected chi connectivity index (χ3v) is 3.64. The van der Waals surface area contributed by atoms with Gasteiger partial charge in [-0.25, -0.2) is 9.97 Å². The molecule has 0 amide bonds. The number of nitrogens with two attached hydrogens (primary N) is 1. The predicted octanol–water partition coefficient (Wildman–Crippen LogP) is 4.76. The van der Waals surface area contributed by atoms with Gasteiger partial charge in [-0.05, 0) is 12.5 Å². The van der Waals surface area contributed by atoms with Crippen molar-refractivity contribution in [1.82, 2.24) is 9.97 Å². The van der Waals surface area contributed by atoms with Crippen molar-refractivity contribution in [2.24, 2.45) is 0 Å². The van der Waals surface area contributed by atoms with E-state index < -0.39 is 0 Å². The SMILES string of the molecule is CCCc1c(N)ncnc1Oc1cc(Cl)c(Cl)cc1Cl. The van der Waals surface area contributed by atoms with Crippen LogP contribution in [0.15, 0.2) is 18.5 Å². The molecule has 0 saturated carbocycles. The van der Waals surface area contributed by atoms with Crippen LogP contribution < -0.4 is 10.5 Å². The van der Waals surface area contributed by atoms with E-state index in [1.807, 2.05) is 6.92 Å². The van der Waals surface area contributed by atoms with Gasteiger partial charge in [0.15, 0.2) is 0 Å². The molecule has 7 heteroatoms. The molecule has 0 unspecified atom stereocenters. The van der Waals surface area contributed by atoms with E-state index in [1.54, 1.807) is 6.07 Å². The Morgan fingerprint density at radius 3 is 2.50 bits per heavy atom. The second kappa shape index (κ2) is 6.48. The Kier molecular flexibility index (Phi) is 4.91. The highest BCUT2D eigenvalue weighted by molar-refractivity contribution is 6.43. The van der Waals surface area contributed by atoms with Gasteiger partial charge >= 0.3 is 0 Å². The van der Waals surface area contributed by atoms with Crippen LogP contribution in [0.1, 0.15) is 18.9 Å². The van der Waals surface area contributed by atoms with Crippen molar-refractivity contribution in [1.29, 1.82) is 0 Å². The van der Waals surface area contributed by atoms with E-state index in [1.165, 1.54) is 12.4 Å². The molecule has 0 radical (unpaired) electrons. The van der Waals surface area contributed by atoms with Gasteiger partial charge in [-0.15, -0.1) is 0 Å². The average molecular weight is 333 g/mol. The summed E-state index contributed by atoms with van der Waals surface area (Å²) in [5, 5.41) is 1.06. The number of nitrogen functional groups attached to an aromatic ring is 1. The van der Waals surface area contributed by atoms with Crippen LogP contribution in [0.4, 0.5) is 5.82 Å². The van der Waals surface area contributed by atoms with Crippen LogP contribution in [0.2, 0.25) is 15.1 Å². The average Bonchev–Trinajstić information content (AvgIpc) is 2.40. The summed E-state index contributed by atoms with van der Waals surface area (Å²) in [7, 11) is 0. The zero-order valence-corrected chi connectivity index (χ0v) is 12.9. The molecule has 0 spiro atoms. The van der Waals surface area contributed by atoms with Crippen LogP contribution in [0.3, 0.4) is 0 Å². The van der Waals surface area contributed by atoms with Gasteiger partial charge in [-0.3, -0.25) is 0 Å². The summed E-state index contributed by atoms with van der Waals surface area (Å²) >= 11 is 17.9. The van der Waals surface area contributed by atoms with Gasteiger partial charge < -0.3 is 10.5 Å². The Balaban J connectivity index is 2.40. The molecule has 1 aromatic heterocycles. The van der Waals surface area contributed by atoms with E-state index in [0.717, 1.165) is 12.0 Å². The monoisotopic (exact) mass is 331 g/mol. The summed E-state index contributed by atoms with van der Waals surface area (Å²) in [6.45, 7) is 2.03. The lowest BCUT2D eigenvalue weighted by molar-refractivity contribution is 0.455. The molecule has 106 valence electrons. The predicted molar refractivity (Wildman–Crippen MR) is 82.0 cm³/mol. The van der Waals surface area contributed by atoms with Crippen molar-refractivity contribution in [2.75, 3.05) is 5.73 Å². The normalized spacial score (nSPS) is 10.6. The molecule has 0 atom stereocenters. The van der Waals surface area contributed by atoms with Crippen molar-refractivity contribution in [3.8, 4) is 11.6 Å². The molecule has 0 bridgehead atoms. The standard InChI is InChI=1S/C13H12Cl3N3O/c1-2-3-7-12(17)18-6-19-13(7)20-11-5-9(15)8(14)4-10(11)16/h4-6H,2-3H2,1H3,(H2,17,18,19). The van der Waals surface area contributed by atoms with Gasteiger partial charge in [0.1, 0.15) is 17.9 Å². The Bertz CT molecular complexity index is 634. The fourth-order valence-electron chi connectivity index (χ4n) is 1.67. The molecule has 2 aromatic rings. The lowest BCUT2D eigenvalue weighted by Gasteiger charge is -2.12. The number of aromatic nitrogens is 2. The molecule has 0 fully saturated rings. The first-order valence-electron chi connectivity index (χ1n) is 5.94. The lowest BCUT2D eigenvalue weighted by atomic mass is 10.2. The van der Waals surface area contributed by atoms with Crippen LogP contribution in [0.5, 0.6) is 11.6 Å². The van der Waals surface area contributed by atoms with E-state index in [-0.39, 0.29) is 0 Å². The molecule has 20 heavy (non-hydrogen) atoms. The first-order chi connectivity index (χ1) is 9.52. The number of nitrogens with zero attached hydrogens (tertiary/aromatic N) is 2. The second-order valence-electron chi connectivity index (χ2n) is 4.09. The number of benzene rings is 1. The van der Waals surface area contributed by atoms with Crippen molar-refractivity contribution < 1.29 is 4.74 Å². The smallest absolute Gasteiger partial charge is 0.227 e. The van der Waals surface area contributed by atoms with Crippen molar-refractivity contribution in [2.45, 2.75) is 19.8 Å². The van der Waals surface area contributed by atoms with E-state index in [0.29, 0.717) is 38.9 Å². The fraction of sp³-hybridized carbons (Fsp3) is 0.231. The van der Waals surface area contributed by atoms with Gasteiger partial charge in [0.2, 0.25) is 5.88 Å². The molecular weight excluding hydrogens is 321 g/mol. The van der Waals surface area contributed by atoms with Crippen molar-refractivity contribution in [3.05, 3.63) is 39.1 Å². The summed E-state index contributed by atoms with van der Waals surface area (Å²) in [5.41, 5.74) is 6.59. The molecular formula is C13H12Cl3N3O. The maximum atomic E-state index is 6.08. The summed E-state index contributed by atoms with van der Waals surface area (Å²) in [5.74, 6) is 1.14. The maximum absolute atomic E-state index is 6.08. The highest BCUT2D eigenvalue weighted by atomic mass is 35.5. The first kappa shape index (κ1) is 15.2. The van der Waals surface area contributed by atoms with E-state index in [2.05, 4.69) is 9.97 Å². The molecule has 2 N–H and O–H groups in total. The zero-order valence-electron chi connectivity index (χ0n) is 10.7. The Labute approximate surface area is 131 Å². The van der Waals surface area contributed by atoms with Crippen LogP contribution >= 0.6 is 34.8 Å². The van der Waals surface area contributed by atoms with Crippen LogP contribution in [-0.4, -0.2) is 9.97 Å². The molecule has 0 aliphatic carbocycles. The molecule has 0 aliphatic rings. The second-order valence-corrected chi connectivity index (χ2v) is 5.31. The minimum atomic E-state index is 0.346. The highest BCUT2D eigenvalue weighted by Crippen LogP contribution is 2.37. The summed E-state index contributed by atoms with van der Waals surface area (Å²) < 4.78 is 5.70. The van der Waals surface area contributed by atoms with Gasteiger partial charge in [-0.1, -0.05) is 48.1 Å².